The second kappa shape index (κ2) is 5.90. The third kappa shape index (κ3) is 2.56. The van der Waals surface area contributed by atoms with E-state index in [1.165, 1.54) is 5.56 Å². The molecule has 0 spiro atoms. The van der Waals surface area contributed by atoms with Crippen LogP contribution in [0.25, 0.3) is 16.7 Å². The molecular weight excluding hydrogens is 280 g/mol. The summed E-state index contributed by atoms with van der Waals surface area (Å²) in [5.41, 5.74) is 4.61. The van der Waals surface area contributed by atoms with Crippen LogP contribution in [0, 0.1) is 0 Å². The van der Waals surface area contributed by atoms with Crippen LogP contribution in [0.4, 0.5) is 0 Å². The van der Waals surface area contributed by atoms with E-state index in [0.717, 1.165) is 34.6 Å². The van der Waals surface area contributed by atoms with Crippen molar-refractivity contribution in [3.05, 3.63) is 59.4 Å². The first-order valence-electron chi connectivity index (χ1n) is 7.46. The van der Waals surface area contributed by atoms with Gasteiger partial charge in [-0.05, 0) is 48.6 Å². The minimum absolute atomic E-state index is 0.540. The molecule has 0 bridgehead atoms. The van der Waals surface area contributed by atoms with E-state index >= 15 is 0 Å². The van der Waals surface area contributed by atoms with Crippen molar-refractivity contribution in [3.8, 4) is 5.69 Å². The highest BCUT2D eigenvalue weighted by Crippen LogP contribution is 2.32. The molecule has 108 valence electrons. The fourth-order valence-corrected chi connectivity index (χ4v) is 3.12. The topological polar surface area (TPSA) is 17.8 Å². The van der Waals surface area contributed by atoms with Crippen molar-refractivity contribution in [2.45, 2.75) is 32.6 Å². The van der Waals surface area contributed by atoms with Crippen LogP contribution in [-0.4, -0.2) is 9.55 Å². The number of benzene rings is 2. The summed E-state index contributed by atoms with van der Waals surface area (Å²) in [7, 11) is 0. The quantitative estimate of drug-likeness (QED) is 0.614. The molecule has 21 heavy (non-hydrogen) atoms. The second-order valence-electron chi connectivity index (χ2n) is 5.32. The molecule has 1 aromatic heterocycles. The van der Waals surface area contributed by atoms with Crippen molar-refractivity contribution in [3.63, 3.8) is 0 Å². The maximum atomic E-state index is 6.24. The Morgan fingerprint density at radius 3 is 2.62 bits per heavy atom. The van der Waals surface area contributed by atoms with E-state index in [4.69, 9.17) is 11.6 Å². The average molecular weight is 299 g/mol. The lowest BCUT2D eigenvalue weighted by atomic mass is 9.92. The Bertz CT molecular complexity index is 757. The van der Waals surface area contributed by atoms with Crippen molar-refractivity contribution < 1.29 is 0 Å². The van der Waals surface area contributed by atoms with Gasteiger partial charge in [0.2, 0.25) is 0 Å². The molecule has 2 aromatic carbocycles. The van der Waals surface area contributed by atoms with Gasteiger partial charge in [-0.25, -0.2) is 4.98 Å². The molecule has 0 aliphatic rings. The highest BCUT2D eigenvalue weighted by Gasteiger charge is 2.15. The van der Waals surface area contributed by atoms with Gasteiger partial charge in [0.05, 0.1) is 16.7 Å². The van der Waals surface area contributed by atoms with Crippen LogP contribution < -0.4 is 0 Å². The molecule has 0 saturated heterocycles. The fraction of sp³-hybridized carbons (Fsp3) is 0.278. The van der Waals surface area contributed by atoms with Crippen molar-refractivity contribution in [2.75, 3.05) is 0 Å². The standard InChI is InChI=1S/C18H19ClN2/c1-3-13(4-2)15-10-9-14(19)11-18(15)21-12-20-16-7-5-6-8-17(16)21/h5-13H,3-4H2,1-2H3. The predicted molar refractivity (Wildman–Crippen MR) is 89.4 cm³/mol. The summed E-state index contributed by atoms with van der Waals surface area (Å²) in [5, 5.41) is 0.762. The first kappa shape index (κ1) is 14.2. The highest BCUT2D eigenvalue weighted by atomic mass is 35.5. The van der Waals surface area contributed by atoms with E-state index in [0.29, 0.717) is 5.92 Å². The van der Waals surface area contributed by atoms with Crippen molar-refractivity contribution in [2.24, 2.45) is 0 Å². The molecule has 0 amide bonds. The lowest BCUT2D eigenvalue weighted by Crippen LogP contribution is -2.03. The SMILES string of the molecule is CCC(CC)c1ccc(Cl)cc1-n1cnc2ccccc21. The molecule has 3 rings (SSSR count). The Hall–Kier alpha value is -1.80. The Kier molecular flexibility index (Phi) is 3.98. The molecule has 0 aliphatic heterocycles. The number of hydrogen-bond acceptors (Lipinski definition) is 1. The molecule has 1 heterocycles. The molecule has 2 nitrogen and oxygen atoms in total. The number of hydrogen-bond donors (Lipinski definition) is 0. The van der Waals surface area contributed by atoms with Crippen molar-refractivity contribution in [1.82, 2.24) is 9.55 Å². The number of nitrogens with zero attached hydrogens (tertiary/aromatic N) is 2. The monoisotopic (exact) mass is 298 g/mol. The first-order valence-corrected chi connectivity index (χ1v) is 7.84. The van der Waals surface area contributed by atoms with E-state index in [9.17, 15) is 0 Å². The lowest BCUT2D eigenvalue weighted by Gasteiger charge is -2.19. The second-order valence-corrected chi connectivity index (χ2v) is 5.76. The number of imidazole rings is 1. The van der Waals surface area contributed by atoms with Crippen molar-refractivity contribution in [1.29, 1.82) is 0 Å². The van der Waals surface area contributed by atoms with Gasteiger partial charge >= 0.3 is 0 Å². The van der Waals surface area contributed by atoms with Crippen molar-refractivity contribution >= 4 is 22.6 Å². The van der Waals surface area contributed by atoms with Crippen LogP contribution >= 0.6 is 11.6 Å². The van der Waals surface area contributed by atoms with E-state index in [-0.39, 0.29) is 0 Å². The minimum Gasteiger partial charge on any atom is -0.299 e. The number of halogens is 1. The highest BCUT2D eigenvalue weighted by molar-refractivity contribution is 6.30. The largest absolute Gasteiger partial charge is 0.299 e. The molecule has 3 heteroatoms. The maximum absolute atomic E-state index is 6.24. The number of aromatic nitrogens is 2. The molecule has 0 radical (unpaired) electrons. The third-order valence-electron chi connectivity index (χ3n) is 4.13. The minimum atomic E-state index is 0.540. The smallest absolute Gasteiger partial charge is 0.100 e. The summed E-state index contributed by atoms with van der Waals surface area (Å²) in [6, 6.07) is 14.4. The van der Waals surface area contributed by atoms with Gasteiger partial charge < -0.3 is 0 Å². The van der Waals surface area contributed by atoms with Gasteiger partial charge in [-0.15, -0.1) is 0 Å². The molecule has 0 unspecified atom stereocenters. The van der Waals surface area contributed by atoms with Gasteiger partial charge in [-0.1, -0.05) is 43.6 Å². The molecule has 0 fully saturated rings. The van der Waals surface area contributed by atoms with E-state index in [1.54, 1.807) is 0 Å². The lowest BCUT2D eigenvalue weighted by molar-refractivity contribution is 0.638. The summed E-state index contributed by atoms with van der Waals surface area (Å²) >= 11 is 6.24. The summed E-state index contributed by atoms with van der Waals surface area (Å²) < 4.78 is 2.15. The summed E-state index contributed by atoms with van der Waals surface area (Å²) in [4.78, 5) is 4.50. The number of rotatable bonds is 4. The fourth-order valence-electron chi connectivity index (χ4n) is 2.95. The van der Waals surface area contributed by atoms with Crippen LogP contribution in [0.3, 0.4) is 0 Å². The van der Waals surface area contributed by atoms with E-state index in [1.807, 2.05) is 36.7 Å². The third-order valence-corrected chi connectivity index (χ3v) is 4.37. The predicted octanol–water partition coefficient (Wildman–Crippen LogP) is 5.58. The van der Waals surface area contributed by atoms with Crippen LogP contribution in [0.2, 0.25) is 5.02 Å². The Balaban J connectivity index is 2.23. The van der Waals surface area contributed by atoms with Gasteiger partial charge in [0.1, 0.15) is 6.33 Å². The van der Waals surface area contributed by atoms with Crippen LogP contribution in [0.15, 0.2) is 48.8 Å². The first-order chi connectivity index (χ1) is 10.2. The zero-order valence-electron chi connectivity index (χ0n) is 12.4. The average Bonchev–Trinajstić information content (AvgIpc) is 2.93. The summed E-state index contributed by atoms with van der Waals surface area (Å²) in [5.74, 6) is 0.540. The summed E-state index contributed by atoms with van der Waals surface area (Å²) in [6.07, 6.45) is 4.14. The van der Waals surface area contributed by atoms with Crippen LogP contribution in [0.1, 0.15) is 38.2 Å². The Labute approximate surface area is 130 Å². The van der Waals surface area contributed by atoms with E-state index in [2.05, 4.69) is 35.5 Å². The Morgan fingerprint density at radius 2 is 1.86 bits per heavy atom. The van der Waals surface area contributed by atoms with Gasteiger partial charge in [-0.2, -0.15) is 0 Å². The Morgan fingerprint density at radius 1 is 1.10 bits per heavy atom. The van der Waals surface area contributed by atoms with Gasteiger partial charge in [0, 0.05) is 5.02 Å². The summed E-state index contributed by atoms with van der Waals surface area (Å²) in [6.45, 7) is 4.47. The molecule has 3 aromatic rings. The van der Waals surface area contributed by atoms with Crippen LogP contribution in [0.5, 0.6) is 0 Å². The zero-order chi connectivity index (χ0) is 14.8. The van der Waals surface area contributed by atoms with E-state index < -0.39 is 0 Å². The maximum Gasteiger partial charge on any atom is 0.100 e. The number of fused-ring (bicyclic) bond motifs is 1. The molecule has 0 aliphatic carbocycles. The van der Waals surface area contributed by atoms with Gasteiger partial charge in [-0.3, -0.25) is 4.57 Å². The van der Waals surface area contributed by atoms with Gasteiger partial charge in [0.15, 0.2) is 0 Å². The molecule has 0 saturated carbocycles. The zero-order valence-corrected chi connectivity index (χ0v) is 13.1. The molecule has 0 N–H and O–H groups in total. The molecular formula is C18H19ClN2. The normalized spacial score (nSPS) is 11.4. The molecule has 0 atom stereocenters. The van der Waals surface area contributed by atoms with Crippen LogP contribution in [-0.2, 0) is 0 Å². The van der Waals surface area contributed by atoms with Gasteiger partial charge in [0.25, 0.3) is 0 Å². The number of para-hydroxylation sites is 2.